The lowest BCUT2D eigenvalue weighted by atomic mass is 10.1. The highest BCUT2D eigenvalue weighted by Crippen LogP contribution is 2.27. The molecule has 0 saturated heterocycles. The third kappa shape index (κ3) is 3.23. The summed E-state index contributed by atoms with van der Waals surface area (Å²) in [5, 5.41) is 22.6. The molecule has 0 unspecified atom stereocenters. The van der Waals surface area contributed by atoms with Crippen LogP contribution in [-0.4, -0.2) is 4.92 Å². The number of nitrogens with two attached hydrogens (primary N) is 1. The number of hydrogen-bond acceptors (Lipinski definition) is 6. The van der Waals surface area contributed by atoms with Crippen molar-refractivity contribution in [2.45, 2.75) is 0 Å². The van der Waals surface area contributed by atoms with Gasteiger partial charge in [-0.15, -0.1) is 0 Å². The number of nitriles is 1. The minimum atomic E-state index is -0.568. The van der Waals surface area contributed by atoms with Crippen LogP contribution in [0.1, 0.15) is 5.56 Å². The fraction of sp³-hybridized carbons (Fsp3) is 0. The van der Waals surface area contributed by atoms with Gasteiger partial charge in [-0.25, -0.2) is 4.39 Å². The Kier molecular flexibility index (Phi) is 3.97. The average Bonchev–Trinajstić information content (AvgIpc) is 2.48. The number of rotatable bonds is 4. The monoisotopic (exact) mass is 287 g/mol. The SMILES string of the molecule is N#Cc1cc(F)ccc1Nc1cc(NN)cc([N+](=O)[O-])c1. The van der Waals surface area contributed by atoms with Gasteiger partial charge in [0.1, 0.15) is 11.9 Å². The second-order valence-corrected chi connectivity index (χ2v) is 4.10. The summed E-state index contributed by atoms with van der Waals surface area (Å²) >= 11 is 0. The molecule has 0 heterocycles. The number of nitro benzene ring substituents is 1. The van der Waals surface area contributed by atoms with Crippen molar-refractivity contribution in [2.75, 3.05) is 10.7 Å². The third-order valence-electron chi connectivity index (χ3n) is 2.68. The summed E-state index contributed by atoms with van der Waals surface area (Å²) in [5.74, 6) is 4.71. The molecule has 0 amide bonds. The van der Waals surface area contributed by atoms with Crippen LogP contribution in [0.2, 0.25) is 0 Å². The maximum absolute atomic E-state index is 13.1. The number of hydrazine groups is 1. The molecule has 21 heavy (non-hydrogen) atoms. The number of nitro groups is 1. The lowest BCUT2D eigenvalue weighted by molar-refractivity contribution is -0.384. The Balaban J connectivity index is 2.42. The Morgan fingerprint density at radius 1 is 1.24 bits per heavy atom. The lowest BCUT2D eigenvalue weighted by Gasteiger charge is -2.10. The van der Waals surface area contributed by atoms with Gasteiger partial charge in [0, 0.05) is 17.8 Å². The highest BCUT2D eigenvalue weighted by molar-refractivity contribution is 5.71. The van der Waals surface area contributed by atoms with E-state index < -0.39 is 10.7 Å². The van der Waals surface area contributed by atoms with Crippen molar-refractivity contribution >= 4 is 22.7 Å². The topological polar surface area (TPSA) is 117 Å². The zero-order chi connectivity index (χ0) is 15.4. The first-order chi connectivity index (χ1) is 10.0. The van der Waals surface area contributed by atoms with E-state index in [1.165, 1.54) is 30.3 Å². The van der Waals surface area contributed by atoms with Crippen molar-refractivity contribution in [3.63, 3.8) is 0 Å². The highest BCUT2D eigenvalue weighted by atomic mass is 19.1. The van der Waals surface area contributed by atoms with Gasteiger partial charge in [-0.05, 0) is 24.3 Å². The van der Waals surface area contributed by atoms with E-state index >= 15 is 0 Å². The number of benzene rings is 2. The number of anilines is 3. The van der Waals surface area contributed by atoms with Crippen molar-refractivity contribution in [1.82, 2.24) is 0 Å². The smallest absolute Gasteiger partial charge is 0.273 e. The van der Waals surface area contributed by atoms with E-state index in [-0.39, 0.29) is 11.3 Å². The molecule has 2 aromatic rings. The van der Waals surface area contributed by atoms with Crippen LogP contribution in [0.4, 0.5) is 27.1 Å². The van der Waals surface area contributed by atoms with Gasteiger partial charge in [0.2, 0.25) is 0 Å². The molecule has 0 radical (unpaired) electrons. The van der Waals surface area contributed by atoms with E-state index in [0.29, 0.717) is 17.1 Å². The highest BCUT2D eigenvalue weighted by Gasteiger charge is 2.11. The molecule has 8 heteroatoms. The maximum Gasteiger partial charge on any atom is 0.273 e. The second-order valence-electron chi connectivity index (χ2n) is 4.10. The predicted molar refractivity (Wildman–Crippen MR) is 75.3 cm³/mol. The van der Waals surface area contributed by atoms with Gasteiger partial charge in [-0.2, -0.15) is 5.26 Å². The van der Waals surface area contributed by atoms with E-state index in [1.54, 1.807) is 0 Å². The molecule has 0 saturated carbocycles. The van der Waals surface area contributed by atoms with Crippen LogP contribution in [0.15, 0.2) is 36.4 Å². The minimum absolute atomic E-state index is 0.0868. The Morgan fingerprint density at radius 2 is 1.95 bits per heavy atom. The number of halogens is 1. The van der Waals surface area contributed by atoms with E-state index in [0.717, 1.165) is 6.07 Å². The standard InChI is InChI=1S/C13H10FN5O2/c14-9-1-2-13(8(3-9)7-15)17-10-4-11(18-16)6-12(5-10)19(20)21/h1-6,17-18H,16H2. The summed E-state index contributed by atoms with van der Waals surface area (Å²) in [6.07, 6.45) is 0. The van der Waals surface area contributed by atoms with E-state index in [1.807, 2.05) is 6.07 Å². The van der Waals surface area contributed by atoms with Gasteiger partial charge in [-0.3, -0.25) is 16.0 Å². The lowest BCUT2D eigenvalue weighted by Crippen LogP contribution is -2.07. The first-order valence-corrected chi connectivity index (χ1v) is 5.76. The summed E-state index contributed by atoms with van der Waals surface area (Å²) in [7, 11) is 0. The fourth-order valence-electron chi connectivity index (χ4n) is 1.75. The number of hydrogen-bond donors (Lipinski definition) is 3. The van der Waals surface area contributed by atoms with Gasteiger partial charge in [0.05, 0.1) is 21.9 Å². The molecular weight excluding hydrogens is 277 g/mol. The first kappa shape index (κ1) is 14.2. The summed E-state index contributed by atoms with van der Waals surface area (Å²) in [4.78, 5) is 10.3. The van der Waals surface area contributed by atoms with Crippen molar-refractivity contribution in [2.24, 2.45) is 5.84 Å². The van der Waals surface area contributed by atoms with Crippen LogP contribution >= 0.6 is 0 Å². The van der Waals surface area contributed by atoms with Gasteiger partial charge in [-0.1, -0.05) is 0 Å². The molecule has 0 aliphatic heterocycles. The molecule has 0 atom stereocenters. The largest absolute Gasteiger partial charge is 0.354 e. The van der Waals surface area contributed by atoms with Crippen molar-refractivity contribution in [3.8, 4) is 6.07 Å². The number of non-ortho nitro benzene ring substituents is 1. The third-order valence-corrected chi connectivity index (χ3v) is 2.68. The Morgan fingerprint density at radius 3 is 2.57 bits per heavy atom. The normalized spacial score (nSPS) is 9.76. The molecule has 2 rings (SSSR count). The van der Waals surface area contributed by atoms with E-state index in [9.17, 15) is 14.5 Å². The van der Waals surface area contributed by atoms with Gasteiger partial charge in [0.25, 0.3) is 5.69 Å². The molecule has 106 valence electrons. The molecule has 4 N–H and O–H groups in total. The van der Waals surface area contributed by atoms with Crippen molar-refractivity contribution < 1.29 is 9.31 Å². The molecule has 0 spiro atoms. The minimum Gasteiger partial charge on any atom is -0.354 e. The predicted octanol–water partition coefficient (Wildman–Crippen LogP) is 2.63. The molecule has 0 bridgehead atoms. The Labute approximate surface area is 118 Å². The van der Waals surface area contributed by atoms with Crippen LogP contribution < -0.4 is 16.6 Å². The van der Waals surface area contributed by atoms with E-state index in [2.05, 4.69) is 10.7 Å². The Bertz CT molecular complexity index is 742. The molecule has 2 aromatic carbocycles. The molecule has 0 aliphatic carbocycles. The molecule has 0 fully saturated rings. The van der Waals surface area contributed by atoms with Crippen LogP contribution in [0, 0.1) is 27.3 Å². The molecular formula is C13H10FN5O2. The van der Waals surface area contributed by atoms with Crippen LogP contribution in [0.5, 0.6) is 0 Å². The van der Waals surface area contributed by atoms with Gasteiger partial charge < -0.3 is 10.7 Å². The molecule has 0 aliphatic rings. The summed E-state index contributed by atoms with van der Waals surface area (Å²) in [6.45, 7) is 0. The van der Waals surface area contributed by atoms with Gasteiger partial charge in [0.15, 0.2) is 0 Å². The van der Waals surface area contributed by atoms with Gasteiger partial charge >= 0.3 is 0 Å². The van der Waals surface area contributed by atoms with Crippen molar-refractivity contribution in [1.29, 1.82) is 5.26 Å². The number of nitrogens with one attached hydrogen (secondary N) is 2. The van der Waals surface area contributed by atoms with E-state index in [4.69, 9.17) is 11.1 Å². The zero-order valence-electron chi connectivity index (χ0n) is 10.6. The van der Waals surface area contributed by atoms with Crippen molar-refractivity contribution in [3.05, 3.63) is 57.9 Å². The number of nitrogens with zero attached hydrogens (tertiary/aromatic N) is 2. The van der Waals surface area contributed by atoms with Crippen LogP contribution in [-0.2, 0) is 0 Å². The molecule has 0 aromatic heterocycles. The number of nitrogen functional groups attached to an aromatic ring is 1. The summed E-state index contributed by atoms with van der Waals surface area (Å²) in [6, 6.07) is 9.55. The van der Waals surface area contributed by atoms with Crippen LogP contribution in [0.25, 0.3) is 0 Å². The molecule has 7 nitrogen and oxygen atoms in total. The average molecular weight is 287 g/mol. The second kappa shape index (κ2) is 5.85. The first-order valence-electron chi connectivity index (χ1n) is 5.76. The quantitative estimate of drug-likeness (QED) is 0.452. The Hall–Kier alpha value is -3.18. The van der Waals surface area contributed by atoms with Crippen LogP contribution in [0.3, 0.4) is 0 Å². The maximum atomic E-state index is 13.1. The summed E-state index contributed by atoms with van der Waals surface area (Å²) < 4.78 is 13.1. The fourth-order valence-corrected chi connectivity index (χ4v) is 1.75. The summed E-state index contributed by atoms with van der Waals surface area (Å²) in [5.41, 5.74) is 3.24. The zero-order valence-corrected chi connectivity index (χ0v) is 10.6.